The van der Waals surface area contributed by atoms with Gasteiger partial charge in [0.1, 0.15) is 0 Å². The maximum absolute atomic E-state index is 12.1. The zero-order valence-electron chi connectivity index (χ0n) is 12.9. The average Bonchev–Trinajstić information content (AvgIpc) is 2.53. The Labute approximate surface area is 145 Å². The average molecular weight is 341 g/mol. The van der Waals surface area contributed by atoms with Crippen molar-refractivity contribution in [2.24, 2.45) is 16.5 Å². The van der Waals surface area contributed by atoms with Gasteiger partial charge < -0.3 is 11.5 Å². The van der Waals surface area contributed by atoms with Gasteiger partial charge in [0.15, 0.2) is 5.96 Å². The first kappa shape index (κ1) is 17.4. The van der Waals surface area contributed by atoms with Crippen LogP contribution >= 0.6 is 11.6 Å². The molecule has 0 spiro atoms. The van der Waals surface area contributed by atoms with E-state index in [9.17, 15) is 4.79 Å². The van der Waals surface area contributed by atoms with Crippen LogP contribution in [-0.4, -0.2) is 16.9 Å². The summed E-state index contributed by atoms with van der Waals surface area (Å²) in [5.41, 5.74) is 13.1. The molecule has 1 aliphatic rings. The minimum absolute atomic E-state index is 0.287. The first-order valence-corrected chi connectivity index (χ1v) is 7.55. The number of guanidine groups is 1. The lowest BCUT2D eigenvalue weighted by atomic mass is 9.96. The predicted octanol–water partition coefficient (Wildman–Crippen LogP) is 2.92. The van der Waals surface area contributed by atoms with Crippen LogP contribution in [0.4, 0.5) is 0 Å². The van der Waals surface area contributed by atoms with Crippen LogP contribution < -0.4 is 11.5 Å². The molecule has 5 nitrogen and oxygen atoms in total. The standard InChI is InChI=1S/C18H17ClN4O/c1-12-10-13(17(24)23-18(20)21)6-4-2-3-5-7-14(12)15-8-9-22-11-16(15)19/h3-11H,1-2H2,(H4,20,21,23,24)/b5-3-,6-4-,13-10+,14-7?. The van der Waals surface area contributed by atoms with Crippen molar-refractivity contribution in [3.8, 4) is 0 Å². The van der Waals surface area contributed by atoms with E-state index in [1.165, 1.54) is 0 Å². The number of pyridine rings is 1. The number of carbonyl (C=O) groups excluding carboxylic acids is 1. The zero-order valence-corrected chi connectivity index (χ0v) is 13.7. The van der Waals surface area contributed by atoms with Gasteiger partial charge in [0.25, 0.3) is 5.91 Å². The van der Waals surface area contributed by atoms with Crippen molar-refractivity contribution < 1.29 is 4.79 Å². The molecule has 1 aromatic rings. The smallest absolute Gasteiger partial charge is 0.280 e. The van der Waals surface area contributed by atoms with Crippen LogP contribution in [0, 0.1) is 0 Å². The number of hydrogen-bond acceptors (Lipinski definition) is 2. The Kier molecular flexibility index (Phi) is 5.87. The van der Waals surface area contributed by atoms with Gasteiger partial charge in [-0.25, -0.2) is 0 Å². The number of nitrogens with two attached hydrogens (primary N) is 2. The maximum Gasteiger partial charge on any atom is 0.280 e. The van der Waals surface area contributed by atoms with Gasteiger partial charge in [-0.3, -0.25) is 9.78 Å². The summed E-state index contributed by atoms with van der Waals surface area (Å²) >= 11 is 6.23. The number of halogens is 1. The Bertz CT molecular complexity index is 812. The van der Waals surface area contributed by atoms with Crippen LogP contribution in [0.15, 0.2) is 77.6 Å². The Morgan fingerprint density at radius 1 is 1.33 bits per heavy atom. The minimum atomic E-state index is -0.530. The van der Waals surface area contributed by atoms with Crippen molar-refractivity contribution in [1.29, 1.82) is 0 Å². The number of carbonyl (C=O) groups is 1. The highest BCUT2D eigenvalue weighted by atomic mass is 35.5. The van der Waals surface area contributed by atoms with Crippen molar-refractivity contribution in [2.75, 3.05) is 0 Å². The molecule has 0 saturated heterocycles. The molecule has 0 unspecified atom stereocenters. The second-order valence-electron chi connectivity index (χ2n) is 4.97. The number of amides is 1. The van der Waals surface area contributed by atoms with E-state index in [0.29, 0.717) is 22.6 Å². The number of aliphatic imine (C=N–C) groups is 1. The topological polar surface area (TPSA) is 94.4 Å². The minimum Gasteiger partial charge on any atom is -0.370 e. The lowest BCUT2D eigenvalue weighted by Gasteiger charge is -2.11. The Morgan fingerprint density at radius 2 is 2.12 bits per heavy atom. The fourth-order valence-corrected chi connectivity index (χ4v) is 2.33. The molecule has 0 aliphatic heterocycles. The molecular formula is C18H17ClN4O. The van der Waals surface area contributed by atoms with Crippen LogP contribution in [0.2, 0.25) is 5.02 Å². The van der Waals surface area contributed by atoms with Crippen LogP contribution in [-0.2, 0) is 4.79 Å². The summed E-state index contributed by atoms with van der Waals surface area (Å²) in [7, 11) is 0. The van der Waals surface area contributed by atoms with Crippen LogP contribution in [0.25, 0.3) is 5.57 Å². The normalized spacial score (nSPS) is 19.5. The lowest BCUT2D eigenvalue weighted by Crippen LogP contribution is -2.24. The third-order valence-electron chi connectivity index (χ3n) is 3.18. The highest BCUT2D eigenvalue weighted by Gasteiger charge is 2.12. The van der Waals surface area contributed by atoms with E-state index in [4.69, 9.17) is 23.1 Å². The van der Waals surface area contributed by atoms with Gasteiger partial charge in [-0.1, -0.05) is 48.6 Å². The molecule has 1 aromatic heterocycles. The molecule has 24 heavy (non-hydrogen) atoms. The number of aromatic nitrogens is 1. The third kappa shape index (κ3) is 4.54. The molecule has 0 bridgehead atoms. The van der Waals surface area contributed by atoms with Crippen molar-refractivity contribution in [3.05, 3.63) is 83.2 Å². The lowest BCUT2D eigenvalue weighted by molar-refractivity contribution is -0.114. The molecule has 0 saturated carbocycles. The fourth-order valence-electron chi connectivity index (χ4n) is 2.11. The molecular weight excluding hydrogens is 324 g/mol. The SMILES string of the molecule is C=C1/C=C(C(=O)N=C(N)N)\C=C/C/C=C\C=C1c1ccncc1Cl. The van der Waals surface area contributed by atoms with Gasteiger partial charge in [-0.2, -0.15) is 4.99 Å². The molecule has 4 N–H and O–H groups in total. The molecule has 0 aromatic carbocycles. The summed E-state index contributed by atoms with van der Waals surface area (Å²) in [5, 5.41) is 0.497. The maximum atomic E-state index is 12.1. The Hall–Kier alpha value is -2.92. The molecule has 0 fully saturated rings. The van der Waals surface area contributed by atoms with Crippen LogP contribution in [0.1, 0.15) is 12.0 Å². The Morgan fingerprint density at radius 3 is 2.83 bits per heavy atom. The van der Waals surface area contributed by atoms with Gasteiger partial charge in [0, 0.05) is 23.5 Å². The summed E-state index contributed by atoms with van der Waals surface area (Å²) in [6.07, 6.45) is 14.8. The highest BCUT2D eigenvalue weighted by Crippen LogP contribution is 2.29. The largest absolute Gasteiger partial charge is 0.370 e. The second kappa shape index (κ2) is 8.08. The van der Waals surface area contributed by atoms with Crippen molar-refractivity contribution in [3.63, 3.8) is 0 Å². The first-order valence-electron chi connectivity index (χ1n) is 7.17. The van der Waals surface area contributed by atoms with Gasteiger partial charge in [-0.15, -0.1) is 0 Å². The number of hydrogen-bond donors (Lipinski definition) is 2. The molecule has 1 heterocycles. The molecule has 1 amide bonds. The van der Waals surface area contributed by atoms with Crippen molar-refractivity contribution in [1.82, 2.24) is 4.98 Å². The molecule has 0 atom stereocenters. The van der Waals surface area contributed by atoms with Crippen molar-refractivity contribution >= 4 is 29.0 Å². The fraction of sp³-hybridized carbons (Fsp3) is 0.0556. The third-order valence-corrected chi connectivity index (χ3v) is 3.49. The summed E-state index contributed by atoms with van der Waals surface area (Å²) < 4.78 is 0. The van der Waals surface area contributed by atoms with E-state index in [0.717, 1.165) is 11.1 Å². The number of nitrogens with zero attached hydrogens (tertiary/aromatic N) is 2. The number of rotatable bonds is 2. The van der Waals surface area contributed by atoms with Crippen LogP contribution in [0.5, 0.6) is 0 Å². The predicted molar refractivity (Wildman–Crippen MR) is 98.2 cm³/mol. The summed E-state index contributed by atoms with van der Waals surface area (Å²) in [5.74, 6) is -0.818. The second-order valence-corrected chi connectivity index (χ2v) is 5.38. The summed E-state index contributed by atoms with van der Waals surface area (Å²) in [6, 6.07) is 1.79. The van der Waals surface area contributed by atoms with Gasteiger partial charge in [0.2, 0.25) is 0 Å². The molecule has 6 heteroatoms. The highest BCUT2D eigenvalue weighted by molar-refractivity contribution is 6.32. The van der Waals surface area contributed by atoms with E-state index in [2.05, 4.69) is 16.6 Å². The summed E-state index contributed by atoms with van der Waals surface area (Å²) in [4.78, 5) is 19.7. The molecule has 0 radical (unpaired) electrons. The molecule has 122 valence electrons. The van der Waals surface area contributed by atoms with Crippen LogP contribution in [0.3, 0.4) is 0 Å². The first-order chi connectivity index (χ1) is 11.5. The Balaban J connectivity index is 2.50. The number of allylic oxidation sites excluding steroid dienone is 7. The molecule has 2 rings (SSSR count). The quantitative estimate of drug-likeness (QED) is 0.639. The van der Waals surface area contributed by atoms with Crippen molar-refractivity contribution in [2.45, 2.75) is 6.42 Å². The van der Waals surface area contributed by atoms with E-state index in [1.807, 2.05) is 24.3 Å². The van der Waals surface area contributed by atoms with E-state index < -0.39 is 5.91 Å². The monoisotopic (exact) mass is 340 g/mol. The zero-order chi connectivity index (χ0) is 17.5. The van der Waals surface area contributed by atoms with Gasteiger partial charge in [-0.05, 0) is 29.7 Å². The van der Waals surface area contributed by atoms with E-state index >= 15 is 0 Å². The van der Waals surface area contributed by atoms with E-state index in [-0.39, 0.29) is 5.96 Å². The van der Waals surface area contributed by atoms with Gasteiger partial charge >= 0.3 is 0 Å². The molecule has 1 aliphatic carbocycles. The van der Waals surface area contributed by atoms with E-state index in [1.54, 1.807) is 30.6 Å². The summed E-state index contributed by atoms with van der Waals surface area (Å²) in [6.45, 7) is 4.04. The van der Waals surface area contributed by atoms with Gasteiger partial charge in [0.05, 0.1) is 5.02 Å².